The van der Waals surface area contributed by atoms with Gasteiger partial charge in [0.2, 0.25) is 10.0 Å². The second-order valence-corrected chi connectivity index (χ2v) is 8.55. The van der Waals surface area contributed by atoms with Crippen LogP contribution in [-0.4, -0.2) is 66.9 Å². The van der Waals surface area contributed by atoms with Gasteiger partial charge in [-0.25, -0.2) is 13.4 Å². The van der Waals surface area contributed by atoms with Gasteiger partial charge in [-0.3, -0.25) is 9.59 Å². The number of ether oxygens (including phenoxy) is 2. The standard InChI is InChI=1S/C18H23N3O6S/c1-13(22)12-27-18(23)6-5-17-19-15-11-14(3-4-16(15)20(17)2)28(24,25)21-7-9-26-10-8-21/h3-4,11H,5-10,12H2,1-2H3. The SMILES string of the molecule is CC(=O)COC(=O)CCc1nc2cc(S(=O)(=O)N3CCOCC3)ccc2n1C. The summed E-state index contributed by atoms with van der Waals surface area (Å²) in [7, 11) is -1.79. The molecule has 152 valence electrons. The Labute approximate surface area is 163 Å². The van der Waals surface area contributed by atoms with Gasteiger partial charge in [0, 0.05) is 26.6 Å². The van der Waals surface area contributed by atoms with Crippen molar-refractivity contribution in [3.05, 3.63) is 24.0 Å². The number of ketones is 1. The fourth-order valence-electron chi connectivity index (χ4n) is 3.02. The molecule has 28 heavy (non-hydrogen) atoms. The summed E-state index contributed by atoms with van der Waals surface area (Å²) in [6.45, 7) is 2.54. The van der Waals surface area contributed by atoms with Gasteiger partial charge in [0.05, 0.1) is 35.6 Å². The summed E-state index contributed by atoms with van der Waals surface area (Å²) in [5.41, 5.74) is 1.32. The third-order valence-electron chi connectivity index (χ3n) is 4.54. The molecule has 1 aromatic carbocycles. The number of hydrogen-bond acceptors (Lipinski definition) is 7. The third kappa shape index (κ3) is 4.40. The van der Waals surface area contributed by atoms with Gasteiger partial charge in [0.1, 0.15) is 12.4 Å². The Balaban J connectivity index is 1.78. The lowest BCUT2D eigenvalue weighted by Crippen LogP contribution is -2.40. The molecule has 2 heterocycles. The monoisotopic (exact) mass is 409 g/mol. The Morgan fingerprint density at radius 2 is 1.96 bits per heavy atom. The van der Waals surface area contributed by atoms with E-state index in [1.54, 1.807) is 18.2 Å². The first-order valence-corrected chi connectivity index (χ1v) is 10.4. The topological polar surface area (TPSA) is 108 Å². The number of imidazole rings is 1. The molecule has 1 aliphatic heterocycles. The van der Waals surface area contributed by atoms with Gasteiger partial charge in [0.15, 0.2) is 5.78 Å². The van der Waals surface area contributed by atoms with Crippen molar-refractivity contribution in [2.24, 2.45) is 7.05 Å². The number of aromatic nitrogens is 2. The van der Waals surface area contributed by atoms with Gasteiger partial charge in [-0.2, -0.15) is 4.31 Å². The molecule has 9 nitrogen and oxygen atoms in total. The van der Waals surface area contributed by atoms with Gasteiger partial charge >= 0.3 is 5.97 Å². The van der Waals surface area contributed by atoms with Crippen LogP contribution in [0.15, 0.2) is 23.1 Å². The van der Waals surface area contributed by atoms with E-state index in [9.17, 15) is 18.0 Å². The summed E-state index contributed by atoms with van der Waals surface area (Å²) < 4.78 is 38.9. The van der Waals surface area contributed by atoms with Crippen molar-refractivity contribution in [1.82, 2.24) is 13.9 Å². The Kier molecular flexibility index (Phi) is 6.11. The summed E-state index contributed by atoms with van der Waals surface area (Å²) in [5.74, 6) is -0.0568. The van der Waals surface area contributed by atoms with E-state index in [4.69, 9.17) is 9.47 Å². The maximum absolute atomic E-state index is 12.8. The van der Waals surface area contributed by atoms with E-state index in [-0.39, 0.29) is 23.7 Å². The second kappa shape index (κ2) is 8.38. The molecule has 3 rings (SSSR count). The van der Waals surface area contributed by atoms with Crippen LogP contribution in [0.1, 0.15) is 19.2 Å². The zero-order valence-electron chi connectivity index (χ0n) is 15.9. The average Bonchev–Trinajstić information content (AvgIpc) is 3.00. The quantitative estimate of drug-likeness (QED) is 0.618. The van der Waals surface area contributed by atoms with Gasteiger partial charge in [0.25, 0.3) is 0 Å². The van der Waals surface area contributed by atoms with E-state index in [2.05, 4.69) is 4.98 Å². The first-order chi connectivity index (χ1) is 13.3. The number of carbonyl (C=O) groups is 2. The lowest BCUT2D eigenvalue weighted by atomic mass is 10.3. The van der Waals surface area contributed by atoms with E-state index in [1.807, 2.05) is 11.6 Å². The Morgan fingerprint density at radius 3 is 2.64 bits per heavy atom. The molecule has 1 fully saturated rings. The van der Waals surface area contributed by atoms with Crippen molar-refractivity contribution in [1.29, 1.82) is 0 Å². The minimum absolute atomic E-state index is 0.0867. The molecule has 1 aliphatic rings. The average molecular weight is 409 g/mol. The normalized spacial score (nSPS) is 15.6. The highest BCUT2D eigenvalue weighted by Gasteiger charge is 2.27. The molecule has 0 amide bonds. The largest absolute Gasteiger partial charge is 0.458 e. The molecule has 1 aromatic heterocycles. The molecular weight excluding hydrogens is 386 g/mol. The van der Waals surface area contributed by atoms with Crippen LogP contribution >= 0.6 is 0 Å². The fourth-order valence-corrected chi connectivity index (χ4v) is 4.45. The van der Waals surface area contributed by atoms with Crippen LogP contribution in [0.2, 0.25) is 0 Å². The predicted octanol–water partition coefficient (Wildman–Crippen LogP) is 0.659. The number of esters is 1. The van der Waals surface area contributed by atoms with Crippen LogP contribution in [0.5, 0.6) is 0 Å². The zero-order valence-corrected chi connectivity index (χ0v) is 16.7. The summed E-state index contributed by atoms with van der Waals surface area (Å²) >= 11 is 0. The van der Waals surface area contributed by atoms with Crippen molar-refractivity contribution in [3.8, 4) is 0 Å². The van der Waals surface area contributed by atoms with E-state index < -0.39 is 16.0 Å². The van der Waals surface area contributed by atoms with Crippen LogP contribution in [0, 0.1) is 0 Å². The summed E-state index contributed by atoms with van der Waals surface area (Å²) in [4.78, 5) is 27.2. The number of hydrogen-bond donors (Lipinski definition) is 0. The Hall–Kier alpha value is -2.30. The van der Waals surface area contributed by atoms with Crippen molar-refractivity contribution < 1.29 is 27.5 Å². The maximum atomic E-state index is 12.8. The van der Waals surface area contributed by atoms with Crippen molar-refractivity contribution in [2.75, 3.05) is 32.9 Å². The lowest BCUT2D eigenvalue weighted by molar-refractivity contribution is -0.147. The van der Waals surface area contributed by atoms with Gasteiger partial charge in [-0.05, 0) is 25.1 Å². The number of aryl methyl sites for hydroxylation is 2. The fraction of sp³-hybridized carbons (Fsp3) is 0.500. The molecule has 0 aliphatic carbocycles. The minimum atomic E-state index is -3.60. The van der Waals surface area contributed by atoms with E-state index in [0.29, 0.717) is 44.1 Å². The molecular formula is C18H23N3O6S. The smallest absolute Gasteiger partial charge is 0.306 e. The molecule has 2 aromatic rings. The van der Waals surface area contributed by atoms with Crippen LogP contribution in [-0.2, 0) is 42.6 Å². The van der Waals surface area contributed by atoms with Crippen molar-refractivity contribution in [3.63, 3.8) is 0 Å². The number of rotatable bonds is 7. The first kappa shape index (κ1) is 20.4. The first-order valence-electron chi connectivity index (χ1n) is 8.97. The Bertz CT molecular complexity index is 992. The molecule has 0 spiro atoms. The van der Waals surface area contributed by atoms with Gasteiger partial charge < -0.3 is 14.0 Å². The van der Waals surface area contributed by atoms with Crippen molar-refractivity contribution >= 4 is 32.8 Å². The summed E-state index contributed by atoms with van der Waals surface area (Å²) in [6.07, 6.45) is 0.414. The molecule has 0 atom stereocenters. The minimum Gasteiger partial charge on any atom is -0.458 e. The zero-order chi connectivity index (χ0) is 20.3. The van der Waals surface area contributed by atoms with E-state index in [0.717, 1.165) is 5.52 Å². The lowest BCUT2D eigenvalue weighted by Gasteiger charge is -2.26. The van der Waals surface area contributed by atoms with Crippen LogP contribution in [0.3, 0.4) is 0 Å². The highest BCUT2D eigenvalue weighted by Crippen LogP contribution is 2.23. The predicted molar refractivity (Wildman–Crippen MR) is 100 cm³/mol. The summed E-state index contributed by atoms with van der Waals surface area (Å²) in [5, 5.41) is 0. The van der Waals surface area contributed by atoms with E-state index in [1.165, 1.54) is 11.2 Å². The van der Waals surface area contributed by atoms with Gasteiger partial charge in [-0.15, -0.1) is 0 Å². The molecule has 10 heteroatoms. The second-order valence-electron chi connectivity index (χ2n) is 6.62. The number of Topliss-reactive ketones (excluding diaryl/α,β-unsaturated/α-hetero) is 1. The van der Waals surface area contributed by atoms with E-state index >= 15 is 0 Å². The highest BCUT2D eigenvalue weighted by molar-refractivity contribution is 7.89. The molecule has 0 unspecified atom stereocenters. The number of nitrogens with zero attached hydrogens (tertiary/aromatic N) is 3. The molecule has 0 N–H and O–H groups in total. The molecule has 0 saturated carbocycles. The van der Waals surface area contributed by atoms with Crippen molar-refractivity contribution in [2.45, 2.75) is 24.7 Å². The number of benzene rings is 1. The van der Waals surface area contributed by atoms with Crippen LogP contribution in [0.4, 0.5) is 0 Å². The molecule has 1 saturated heterocycles. The molecule has 0 bridgehead atoms. The summed E-state index contributed by atoms with van der Waals surface area (Å²) in [6, 6.07) is 4.84. The number of morpholine rings is 1. The number of carbonyl (C=O) groups excluding carboxylic acids is 2. The number of sulfonamides is 1. The Morgan fingerprint density at radius 1 is 1.25 bits per heavy atom. The molecule has 0 radical (unpaired) electrons. The van der Waals surface area contributed by atoms with Gasteiger partial charge in [-0.1, -0.05) is 0 Å². The highest BCUT2D eigenvalue weighted by atomic mass is 32.2. The number of fused-ring (bicyclic) bond motifs is 1. The maximum Gasteiger partial charge on any atom is 0.306 e. The van der Waals surface area contributed by atoms with Crippen LogP contribution in [0.25, 0.3) is 11.0 Å². The van der Waals surface area contributed by atoms with Crippen LogP contribution < -0.4 is 0 Å². The third-order valence-corrected chi connectivity index (χ3v) is 6.44.